The molecule has 0 aliphatic heterocycles. The van der Waals surface area contributed by atoms with Gasteiger partial charge < -0.3 is 14.6 Å². The Bertz CT molecular complexity index is 1080. The van der Waals surface area contributed by atoms with E-state index in [-0.39, 0.29) is 22.7 Å². The van der Waals surface area contributed by atoms with E-state index in [1.54, 1.807) is 31.2 Å². The Morgan fingerprint density at radius 2 is 1.86 bits per heavy atom. The Morgan fingerprint density at radius 1 is 1.14 bits per heavy atom. The van der Waals surface area contributed by atoms with Gasteiger partial charge in [-0.2, -0.15) is 0 Å². The monoisotopic (exact) mass is 395 g/mol. The molecule has 1 N–H and O–H groups in total. The van der Waals surface area contributed by atoms with Crippen molar-refractivity contribution in [1.29, 1.82) is 0 Å². The topological polar surface area (TPSA) is 125 Å². The number of nitrogens with one attached hydrogen (secondary N) is 1. The Labute approximate surface area is 165 Å². The summed E-state index contributed by atoms with van der Waals surface area (Å²) in [5.41, 5.74) is 1.59. The normalized spacial score (nSPS) is 10.4. The minimum Gasteiger partial charge on any atom is -0.452 e. The maximum Gasteiger partial charge on any atom is 0.344 e. The molecule has 29 heavy (non-hydrogen) atoms. The molecule has 1 amide bonds. The number of amides is 1. The predicted octanol–water partition coefficient (Wildman–Crippen LogP) is 3.66. The summed E-state index contributed by atoms with van der Waals surface area (Å²) < 4.78 is 10.2. The summed E-state index contributed by atoms with van der Waals surface area (Å²) in [7, 11) is 0. The van der Waals surface area contributed by atoms with Crippen molar-refractivity contribution in [3.05, 3.63) is 75.5 Å². The van der Waals surface area contributed by atoms with Crippen molar-refractivity contribution >= 4 is 23.3 Å². The molecular weight excluding hydrogens is 378 g/mol. The molecule has 3 aromatic rings. The SMILES string of the molecule is Cc1onc(-c2ccccc2)c1C(=O)OCC(=O)Nc1cccc([N+](=O)[O-])c1C. The fourth-order valence-electron chi connectivity index (χ4n) is 2.75. The standard InChI is InChI=1S/C20H17N3O6/c1-12-15(9-6-10-16(12)23(26)27)21-17(24)11-28-20(25)18-13(2)29-22-19(18)14-7-4-3-5-8-14/h3-10H,11H2,1-2H3,(H,21,24). The third-order valence-corrected chi connectivity index (χ3v) is 4.22. The van der Waals surface area contributed by atoms with Gasteiger partial charge in [0.15, 0.2) is 6.61 Å². The number of carbonyl (C=O) groups is 2. The molecule has 0 radical (unpaired) electrons. The number of carbonyl (C=O) groups excluding carboxylic acids is 2. The van der Waals surface area contributed by atoms with Crippen LogP contribution in [0.4, 0.5) is 11.4 Å². The molecule has 9 nitrogen and oxygen atoms in total. The number of nitro benzene ring substituents is 1. The minimum atomic E-state index is -0.756. The number of ether oxygens (including phenoxy) is 1. The van der Waals surface area contributed by atoms with Crippen LogP contribution in [-0.2, 0) is 9.53 Å². The molecule has 0 fully saturated rings. The third kappa shape index (κ3) is 4.29. The summed E-state index contributed by atoms with van der Waals surface area (Å²) in [6, 6.07) is 13.3. The number of hydrogen-bond acceptors (Lipinski definition) is 7. The van der Waals surface area contributed by atoms with Gasteiger partial charge in [0.1, 0.15) is 17.0 Å². The summed E-state index contributed by atoms with van der Waals surface area (Å²) >= 11 is 0. The number of hydrogen-bond donors (Lipinski definition) is 1. The largest absolute Gasteiger partial charge is 0.452 e. The molecule has 2 aromatic carbocycles. The molecule has 0 spiro atoms. The van der Waals surface area contributed by atoms with E-state index in [1.165, 1.54) is 25.1 Å². The maximum absolute atomic E-state index is 12.5. The zero-order chi connectivity index (χ0) is 21.0. The molecule has 0 saturated carbocycles. The van der Waals surface area contributed by atoms with Gasteiger partial charge in [-0.3, -0.25) is 14.9 Å². The molecule has 0 aliphatic carbocycles. The highest BCUT2D eigenvalue weighted by molar-refractivity contribution is 5.99. The number of anilines is 1. The van der Waals surface area contributed by atoms with Crippen LogP contribution in [0.5, 0.6) is 0 Å². The van der Waals surface area contributed by atoms with E-state index in [0.717, 1.165) is 0 Å². The van der Waals surface area contributed by atoms with Crippen LogP contribution in [0.25, 0.3) is 11.3 Å². The molecule has 0 aliphatic rings. The van der Waals surface area contributed by atoms with Gasteiger partial charge in [0.05, 0.1) is 16.2 Å². The van der Waals surface area contributed by atoms with Crippen molar-refractivity contribution in [2.45, 2.75) is 13.8 Å². The molecule has 148 valence electrons. The van der Waals surface area contributed by atoms with E-state index in [9.17, 15) is 19.7 Å². The zero-order valence-electron chi connectivity index (χ0n) is 15.7. The Balaban J connectivity index is 1.69. The van der Waals surface area contributed by atoms with E-state index in [4.69, 9.17) is 9.26 Å². The number of benzene rings is 2. The van der Waals surface area contributed by atoms with Crippen LogP contribution in [0.1, 0.15) is 21.7 Å². The Kier molecular flexibility index (Phi) is 5.68. The van der Waals surface area contributed by atoms with Gasteiger partial charge in [-0.05, 0) is 19.9 Å². The van der Waals surface area contributed by atoms with Crippen LogP contribution in [0, 0.1) is 24.0 Å². The molecule has 3 rings (SSSR count). The second-order valence-corrected chi connectivity index (χ2v) is 6.16. The number of nitrogens with zero attached hydrogens (tertiary/aromatic N) is 2. The molecule has 0 atom stereocenters. The first-order valence-electron chi connectivity index (χ1n) is 8.61. The van der Waals surface area contributed by atoms with Crippen molar-refractivity contribution < 1.29 is 23.8 Å². The van der Waals surface area contributed by atoms with E-state index >= 15 is 0 Å². The van der Waals surface area contributed by atoms with E-state index < -0.39 is 23.4 Å². The quantitative estimate of drug-likeness (QED) is 0.383. The highest BCUT2D eigenvalue weighted by Gasteiger charge is 2.24. The Morgan fingerprint density at radius 3 is 2.55 bits per heavy atom. The molecule has 0 bridgehead atoms. The van der Waals surface area contributed by atoms with Crippen molar-refractivity contribution in [3.8, 4) is 11.3 Å². The lowest BCUT2D eigenvalue weighted by atomic mass is 10.1. The van der Waals surface area contributed by atoms with Gasteiger partial charge in [-0.15, -0.1) is 0 Å². The van der Waals surface area contributed by atoms with Crippen molar-refractivity contribution in [2.75, 3.05) is 11.9 Å². The van der Waals surface area contributed by atoms with Gasteiger partial charge >= 0.3 is 5.97 Å². The molecule has 1 aromatic heterocycles. The molecule has 9 heteroatoms. The summed E-state index contributed by atoms with van der Waals surface area (Å²) in [6.45, 7) is 2.52. The van der Waals surface area contributed by atoms with Crippen LogP contribution in [-0.4, -0.2) is 28.6 Å². The fraction of sp³-hybridized carbons (Fsp3) is 0.150. The molecule has 1 heterocycles. The first-order valence-corrected chi connectivity index (χ1v) is 8.61. The lowest BCUT2D eigenvalue weighted by Gasteiger charge is -2.09. The summed E-state index contributed by atoms with van der Waals surface area (Å²) in [4.78, 5) is 35.1. The average molecular weight is 395 g/mol. The average Bonchev–Trinajstić information content (AvgIpc) is 3.09. The van der Waals surface area contributed by atoms with E-state index in [2.05, 4.69) is 10.5 Å². The third-order valence-electron chi connectivity index (χ3n) is 4.22. The van der Waals surface area contributed by atoms with Gasteiger partial charge in [0, 0.05) is 11.6 Å². The van der Waals surface area contributed by atoms with E-state index in [0.29, 0.717) is 16.8 Å². The van der Waals surface area contributed by atoms with Gasteiger partial charge in [0.25, 0.3) is 11.6 Å². The summed E-state index contributed by atoms with van der Waals surface area (Å²) in [5, 5.41) is 17.4. The fourth-order valence-corrected chi connectivity index (χ4v) is 2.75. The molecule has 0 saturated heterocycles. The lowest BCUT2D eigenvalue weighted by Crippen LogP contribution is -2.21. The minimum absolute atomic E-state index is 0.118. The zero-order valence-corrected chi connectivity index (χ0v) is 15.7. The highest BCUT2D eigenvalue weighted by Crippen LogP contribution is 2.26. The van der Waals surface area contributed by atoms with Crippen molar-refractivity contribution in [3.63, 3.8) is 0 Å². The number of esters is 1. The lowest BCUT2D eigenvalue weighted by molar-refractivity contribution is -0.385. The number of rotatable bonds is 6. The van der Waals surface area contributed by atoms with Crippen LogP contribution in [0.15, 0.2) is 53.1 Å². The highest BCUT2D eigenvalue weighted by atomic mass is 16.6. The first-order chi connectivity index (χ1) is 13.9. The number of aromatic nitrogens is 1. The molecule has 0 unspecified atom stereocenters. The van der Waals surface area contributed by atoms with Gasteiger partial charge in [-0.1, -0.05) is 41.6 Å². The van der Waals surface area contributed by atoms with E-state index in [1.807, 2.05) is 6.07 Å². The van der Waals surface area contributed by atoms with Gasteiger partial charge in [-0.25, -0.2) is 4.79 Å². The second kappa shape index (κ2) is 8.34. The maximum atomic E-state index is 12.5. The van der Waals surface area contributed by atoms with Gasteiger partial charge in [0.2, 0.25) is 0 Å². The molecular formula is C20H17N3O6. The smallest absolute Gasteiger partial charge is 0.344 e. The predicted molar refractivity (Wildman–Crippen MR) is 103 cm³/mol. The van der Waals surface area contributed by atoms with Crippen LogP contribution in [0.3, 0.4) is 0 Å². The second-order valence-electron chi connectivity index (χ2n) is 6.16. The number of aryl methyl sites for hydroxylation is 1. The Hall–Kier alpha value is -4.01. The summed E-state index contributed by atoms with van der Waals surface area (Å²) in [6.07, 6.45) is 0. The van der Waals surface area contributed by atoms with Crippen molar-refractivity contribution in [1.82, 2.24) is 5.16 Å². The van der Waals surface area contributed by atoms with Crippen LogP contribution < -0.4 is 5.32 Å². The summed E-state index contributed by atoms with van der Waals surface area (Å²) in [5.74, 6) is -1.12. The van der Waals surface area contributed by atoms with Crippen LogP contribution >= 0.6 is 0 Å². The van der Waals surface area contributed by atoms with Crippen LogP contribution in [0.2, 0.25) is 0 Å². The van der Waals surface area contributed by atoms with Crippen molar-refractivity contribution in [2.24, 2.45) is 0 Å². The first kappa shape index (κ1) is 19.7. The number of nitro groups is 1.